The third-order valence-electron chi connectivity index (χ3n) is 11.6. The van der Waals surface area contributed by atoms with Crippen LogP contribution in [0.5, 0.6) is 28.7 Å². The van der Waals surface area contributed by atoms with E-state index in [0.29, 0.717) is 47.3 Å². The zero-order chi connectivity index (χ0) is 49.0. The number of hydrogen-bond donors (Lipinski definition) is 3. The minimum absolute atomic E-state index is 0.0148. The molecule has 0 fully saturated rings. The lowest BCUT2D eigenvalue weighted by atomic mass is 9.89. The summed E-state index contributed by atoms with van der Waals surface area (Å²) >= 11 is 0. The number of benzene rings is 4. The highest BCUT2D eigenvalue weighted by molar-refractivity contribution is 6.12. The molecule has 0 aromatic heterocycles. The summed E-state index contributed by atoms with van der Waals surface area (Å²) in [4.78, 5) is 54.4. The largest absolute Gasteiger partial charge is 0.495 e. The fraction of sp³-hybridized carbons (Fsp3) is 0.491. The quantitative estimate of drug-likeness (QED) is 0.0282. The molecule has 14 nitrogen and oxygen atoms in total. The number of anilines is 3. The number of rotatable bonds is 28. The summed E-state index contributed by atoms with van der Waals surface area (Å²) < 4.78 is 29.8. The number of nitro groups is 1. The summed E-state index contributed by atoms with van der Waals surface area (Å²) in [6.07, 6.45) is 12.7. The number of nitrogens with zero attached hydrogens (tertiary/aromatic N) is 1. The molecule has 0 spiro atoms. The monoisotopic (exact) mass is 925 g/mol. The van der Waals surface area contributed by atoms with Crippen LogP contribution in [-0.2, 0) is 0 Å². The van der Waals surface area contributed by atoms with E-state index in [9.17, 15) is 24.5 Å². The van der Waals surface area contributed by atoms with Gasteiger partial charge in [-0.3, -0.25) is 24.5 Å². The van der Waals surface area contributed by atoms with Crippen LogP contribution in [0, 0.1) is 17.0 Å². The normalized spacial score (nSPS) is 11.0. The molecule has 0 aliphatic heterocycles. The van der Waals surface area contributed by atoms with Gasteiger partial charge in [0.1, 0.15) is 17.2 Å². The fourth-order valence-corrected chi connectivity index (χ4v) is 7.86. The van der Waals surface area contributed by atoms with Crippen LogP contribution in [0.25, 0.3) is 0 Å². The van der Waals surface area contributed by atoms with Gasteiger partial charge >= 0.3 is 0 Å². The first-order chi connectivity index (χ1) is 32.2. The maximum absolute atomic E-state index is 14.4. The fourth-order valence-electron chi connectivity index (χ4n) is 7.86. The van der Waals surface area contributed by atoms with E-state index in [1.165, 1.54) is 52.4 Å². The second-order valence-electron chi connectivity index (χ2n) is 17.4. The SMILES string of the molecule is CCCCCCCCOc1cc(OCCCCCCCC)c(C(=O)Nc2cc(C)ccc2OC)cc1NC(=O)c1ccc(NC(=O)c2cc([N+](=O)[O-])c(C(C)C)cc2C(C)C)c(OC)c1OC. The number of nitro benzene ring substituents is 1. The average Bonchev–Trinajstić information content (AvgIpc) is 3.30. The number of aryl methyl sites for hydroxylation is 1. The third kappa shape index (κ3) is 14.8. The first kappa shape index (κ1) is 53.3. The van der Waals surface area contributed by atoms with Gasteiger partial charge in [0, 0.05) is 23.3 Å². The summed E-state index contributed by atoms with van der Waals surface area (Å²) in [5, 5.41) is 20.9. The Labute approximate surface area is 397 Å². The molecule has 67 heavy (non-hydrogen) atoms. The summed E-state index contributed by atoms with van der Waals surface area (Å²) in [5.41, 5.74) is 3.17. The Kier molecular flexibility index (Phi) is 21.3. The van der Waals surface area contributed by atoms with Crippen molar-refractivity contribution in [2.24, 2.45) is 0 Å². The van der Waals surface area contributed by atoms with Crippen molar-refractivity contribution >= 4 is 40.5 Å². The maximum Gasteiger partial charge on any atom is 0.273 e. The molecular formula is C53H72N4O10. The van der Waals surface area contributed by atoms with E-state index in [1.807, 2.05) is 46.8 Å². The second-order valence-corrected chi connectivity index (χ2v) is 17.4. The van der Waals surface area contributed by atoms with E-state index in [2.05, 4.69) is 29.8 Å². The van der Waals surface area contributed by atoms with Gasteiger partial charge in [-0.05, 0) is 79.1 Å². The van der Waals surface area contributed by atoms with Crippen LogP contribution in [0.2, 0.25) is 0 Å². The molecule has 0 heterocycles. The summed E-state index contributed by atoms with van der Waals surface area (Å²) in [6.45, 7) is 14.6. The lowest BCUT2D eigenvalue weighted by Gasteiger charge is -2.20. The van der Waals surface area contributed by atoms with Crippen molar-refractivity contribution in [1.82, 2.24) is 0 Å². The van der Waals surface area contributed by atoms with Gasteiger partial charge in [0.15, 0.2) is 11.5 Å². The van der Waals surface area contributed by atoms with Gasteiger partial charge < -0.3 is 39.6 Å². The Hall–Kier alpha value is -6.31. The number of amides is 3. The molecule has 0 aliphatic carbocycles. The van der Waals surface area contributed by atoms with Gasteiger partial charge in [0.05, 0.1) is 67.7 Å². The minimum atomic E-state index is -0.619. The number of ether oxygens (including phenoxy) is 5. The molecule has 14 heteroatoms. The zero-order valence-electron chi connectivity index (χ0n) is 41.3. The minimum Gasteiger partial charge on any atom is -0.495 e. The number of carbonyl (C=O) groups excluding carboxylic acids is 3. The molecule has 3 amide bonds. The van der Waals surface area contributed by atoms with Crippen molar-refractivity contribution in [3.63, 3.8) is 0 Å². The number of nitrogens with one attached hydrogen (secondary N) is 3. The van der Waals surface area contributed by atoms with E-state index in [0.717, 1.165) is 69.8 Å². The lowest BCUT2D eigenvalue weighted by molar-refractivity contribution is -0.385. The van der Waals surface area contributed by atoms with Gasteiger partial charge in [-0.2, -0.15) is 0 Å². The summed E-state index contributed by atoms with van der Waals surface area (Å²) in [5.74, 6) is -0.805. The van der Waals surface area contributed by atoms with Crippen LogP contribution in [0.4, 0.5) is 22.7 Å². The molecule has 4 rings (SSSR count). The van der Waals surface area contributed by atoms with Crippen molar-refractivity contribution in [3.8, 4) is 28.7 Å². The number of hydrogen-bond acceptors (Lipinski definition) is 10. The van der Waals surface area contributed by atoms with Gasteiger partial charge in [-0.25, -0.2) is 0 Å². The van der Waals surface area contributed by atoms with Crippen LogP contribution in [0.15, 0.2) is 54.6 Å². The van der Waals surface area contributed by atoms with Crippen LogP contribution in [-0.4, -0.2) is 57.2 Å². The molecule has 4 aromatic carbocycles. The predicted octanol–water partition coefficient (Wildman–Crippen LogP) is 13.4. The van der Waals surface area contributed by atoms with Gasteiger partial charge in [0.2, 0.25) is 0 Å². The molecule has 0 bridgehead atoms. The molecule has 0 atom stereocenters. The lowest BCUT2D eigenvalue weighted by Crippen LogP contribution is -2.19. The molecule has 0 aliphatic rings. The van der Waals surface area contributed by atoms with Crippen molar-refractivity contribution in [2.45, 2.75) is 137 Å². The van der Waals surface area contributed by atoms with Gasteiger partial charge in [-0.1, -0.05) is 112 Å². The molecule has 0 radical (unpaired) electrons. The summed E-state index contributed by atoms with van der Waals surface area (Å²) in [6, 6.07) is 14.7. The highest BCUT2D eigenvalue weighted by Crippen LogP contribution is 2.41. The molecule has 364 valence electrons. The molecule has 0 unspecified atom stereocenters. The van der Waals surface area contributed by atoms with Crippen LogP contribution < -0.4 is 39.6 Å². The third-order valence-corrected chi connectivity index (χ3v) is 11.6. The van der Waals surface area contributed by atoms with E-state index < -0.39 is 22.6 Å². The van der Waals surface area contributed by atoms with Gasteiger partial charge in [0.25, 0.3) is 23.4 Å². The van der Waals surface area contributed by atoms with E-state index in [4.69, 9.17) is 23.7 Å². The standard InChI is InChI=1S/C53H72N4O10/c1-11-13-15-17-19-21-27-66-47-33-48(67-28-22-20-18-16-14-12-2)44(31-41(47)53(60)55-43-29-36(7)23-26-46(43)63-8)56-51(58)37-24-25-42(50(65-10)49(37)64-9)54-52(59)40-32-45(57(61)62)39(35(5)6)30-38(40)34(3)4/h23-26,29-35H,11-22,27-28H2,1-10H3,(H,54,59)(H,55,60)(H,56,58). The maximum atomic E-state index is 14.4. The van der Waals surface area contributed by atoms with Crippen molar-refractivity contribution in [1.29, 1.82) is 0 Å². The molecule has 3 N–H and O–H groups in total. The molecule has 4 aromatic rings. The Morgan fingerprint density at radius 2 is 1.06 bits per heavy atom. The van der Waals surface area contributed by atoms with E-state index in [1.54, 1.807) is 24.3 Å². The second kappa shape index (κ2) is 26.7. The highest BCUT2D eigenvalue weighted by atomic mass is 16.6. The highest BCUT2D eigenvalue weighted by Gasteiger charge is 2.28. The predicted molar refractivity (Wildman–Crippen MR) is 267 cm³/mol. The van der Waals surface area contributed by atoms with Crippen LogP contribution >= 0.6 is 0 Å². The zero-order valence-corrected chi connectivity index (χ0v) is 41.3. The molecule has 0 saturated heterocycles. The smallest absolute Gasteiger partial charge is 0.273 e. The number of methoxy groups -OCH3 is 3. The Morgan fingerprint density at radius 3 is 1.61 bits per heavy atom. The van der Waals surface area contributed by atoms with E-state index in [-0.39, 0.29) is 57.1 Å². The average molecular weight is 925 g/mol. The van der Waals surface area contributed by atoms with Crippen molar-refractivity contribution < 1.29 is 43.0 Å². The first-order valence-electron chi connectivity index (χ1n) is 23.8. The molecular weight excluding hydrogens is 853 g/mol. The Morgan fingerprint density at radius 1 is 0.537 bits per heavy atom. The first-order valence-corrected chi connectivity index (χ1v) is 23.8. The number of carbonyl (C=O) groups is 3. The number of unbranched alkanes of at least 4 members (excludes halogenated alkanes) is 10. The van der Waals surface area contributed by atoms with E-state index >= 15 is 0 Å². The van der Waals surface area contributed by atoms with Crippen molar-refractivity contribution in [3.05, 3.63) is 98.1 Å². The van der Waals surface area contributed by atoms with Crippen LogP contribution in [0.1, 0.15) is 178 Å². The Bertz CT molecular complexity index is 2310. The van der Waals surface area contributed by atoms with Crippen molar-refractivity contribution in [2.75, 3.05) is 50.5 Å². The van der Waals surface area contributed by atoms with Crippen LogP contribution in [0.3, 0.4) is 0 Å². The molecule has 0 saturated carbocycles. The topological polar surface area (TPSA) is 177 Å². The Balaban J connectivity index is 1.75. The van der Waals surface area contributed by atoms with Gasteiger partial charge in [-0.15, -0.1) is 0 Å². The summed E-state index contributed by atoms with van der Waals surface area (Å²) in [7, 11) is 4.28.